The molecule has 0 saturated heterocycles. The van der Waals surface area contributed by atoms with Gasteiger partial charge in [0, 0.05) is 24.1 Å². The average Bonchev–Trinajstić information content (AvgIpc) is 3.10. The highest BCUT2D eigenvalue weighted by molar-refractivity contribution is 5.95. The van der Waals surface area contributed by atoms with Crippen LogP contribution in [0.3, 0.4) is 0 Å². The van der Waals surface area contributed by atoms with Crippen molar-refractivity contribution in [3.63, 3.8) is 0 Å². The number of nitrogens with zero attached hydrogens (tertiary/aromatic N) is 3. The molecule has 1 spiro atoms. The van der Waals surface area contributed by atoms with Gasteiger partial charge in [-0.25, -0.2) is 9.78 Å². The van der Waals surface area contributed by atoms with Gasteiger partial charge >= 0.3 is 6.09 Å². The van der Waals surface area contributed by atoms with E-state index in [1.807, 2.05) is 0 Å². The summed E-state index contributed by atoms with van der Waals surface area (Å²) in [5.74, 6) is 1.15. The molecule has 1 aromatic heterocycles. The summed E-state index contributed by atoms with van der Waals surface area (Å²) in [5.41, 5.74) is 6.36. The van der Waals surface area contributed by atoms with Gasteiger partial charge in [-0.2, -0.15) is 0 Å². The lowest BCUT2D eigenvalue weighted by Crippen LogP contribution is -2.44. The maximum Gasteiger partial charge on any atom is 0.414 e. The van der Waals surface area contributed by atoms with Crippen molar-refractivity contribution >= 4 is 22.8 Å². The molecule has 0 bridgehead atoms. The van der Waals surface area contributed by atoms with E-state index in [0.717, 1.165) is 36.3 Å². The molecule has 3 aliphatic rings. The number of imidazole rings is 1. The molecule has 1 amide bonds. The zero-order valence-electron chi connectivity index (χ0n) is 19.0. The third-order valence-corrected chi connectivity index (χ3v) is 8.22. The highest BCUT2D eigenvalue weighted by Crippen LogP contribution is 2.61. The van der Waals surface area contributed by atoms with Crippen molar-refractivity contribution in [3.05, 3.63) is 59.4 Å². The van der Waals surface area contributed by atoms with Crippen molar-refractivity contribution in [1.82, 2.24) is 9.55 Å². The first kappa shape index (κ1) is 19.8. The van der Waals surface area contributed by atoms with Crippen molar-refractivity contribution in [2.75, 3.05) is 12.0 Å². The van der Waals surface area contributed by atoms with Crippen molar-refractivity contribution in [1.29, 1.82) is 0 Å². The van der Waals surface area contributed by atoms with Crippen LogP contribution in [-0.4, -0.2) is 28.8 Å². The van der Waals surface area contributed by atoms with Crippen LogP contribution in [0.2, 0.25) is 0 Å². The quantitative estimate of drug-likeness (QED) is 0.510. The summed E-state index contributed by atoms with van der Waals surface area (Å²) in [5, 5.41) is 0. The second-order valence-corrected chi connectivity index (χ2v) is 10.1. The smallest absolute Gasteiger partial charge is 0.414 e. The summed E-state index contributed by atoms with van der Waals surface area (Å²) >= 11 is 0. The van der Waals surface area contributed by atoms with Crippen molar-refractivity contribution in [2.24, 2.45) is 5.41 Å². The first-order valence-electron chi connectivity index (χ1n) is 12.0. The third-order valence-electron chi connectivity index (χ3n) is 8.22. The SMILES string of the molecule is COC(=O)N1c2ccc3c(nc(Cc4ccccc4)n3C3CC4(CCC4)C3)c2CC[C@@H]1C. The number of benzene rings is 2. The van der Waals surface area contributed by atoms with Gasteiger partial charge in [0.25, 0.3) is 0 Å². The van der Waals surface area contributed by atoms with Crippen LogP contribution in [-0.2, 0) is 17.6 Å². The van der Waals surface area contributed by atoms with Crippen molar-refractivity contribution in [3.8, 4) is 0 Å². The fraction of sp³-hybridized carbons (Fsp3) is 0.481. The molecule has 2 heterocycles. The number of carbonyl (C=O) groups excluding carboxylic acids is 1. The first-order chi connectivity index (χ1) is 15.6. The molecular weight excluding hydrogens is 398 g/mol. The molecule has 0 N–H and O–H groups in total. The van der Waals surface area contributed by atoms with Gasteiger partial charge < -0.3 is 9.30 Å². The number of aromatic nitrogens is 2. The fourth-order valence-electron chi connectivity index (χ4n) is 6.34. The number of hydrogen-bond donors (Lipinski definition) is 0. The lowest BCUT2D eigenvalue weighted by molar-refractivity contribution is -0.0167. The topological polar surface area (TPSA) is 47.4 Å². The van der Waals surface area contributed by atoms with Gasteiger partial charge in [-0.1, -0.05) is 36.8 Å². The van der Waals surface area contributed by atoms with Gasteiger partial charge in [0.1, 0.15) is 5.82 Å². The summed E-state index contributed by atoms with van der Waals surface area (Å²) in [7, 11) is 1.46. The standard InChI is InChI=1S/C27H31N3O2/c1-18-9-10-21-22(29(18)26(31)32-2)11-12-23-25(21)28-24(15-19-7-4-3-5-8-19)30(23)20-16-27(17-20)13-6-14-27/h3-5,7-8,11-12,18,20H,6,9-10,13-17H2,1-2H3/t18-/m0/s1. The van der Waals surface area contributed by atoms with Crippen LogP contribution >= 0.6 is 0 Å². The molecule has 2 aliphatic carbocycles. The highest BCUT2D eigenvalue weighted by atomic mass is 16.5. The summed E-state index contributed by atoms with van der Waals surface area (Å²) in [6.07, 6.45) is 9.16. The van der Waals surface area contributed by atoms with Crippen LogP contribution in [0.25, 0.3) is 11.0 Å². The Kier molecular flexibility index (Phi) is 4.56. The normalized spacial score (nSPS) is 21.8. The Labute approximate surface area is 189 Å². The number of ether oxygens (including phenoxy) is 1. The van der Waals surface area contributed by atoms with E-state index >= 15 is 0 Å². The number of anilines is 1. The van der Waals surface area contributed by atoms with Crippen LogP contribution in [0.15, 0.2) is 42.5 Å². The lowest BCUT2D eigenvalue weighted by atomic mass is 9.54. The molecule has 2 saturated carbocycles. The zero-order valence-corrected chi connectivity index (χ0v) is 19.0. The Morgan fingerprint density at radius 3 is 2.62 bits per heavy atom. The minimum Gasteiger partial charge on any atom is -0.452 e. The summed E-state index contributed by atoms with van der Waals surface area (Å²) in [4.78, 5) is 19.6. The molecular formula is C27H31N3O2. The monoisotopic (exact) mass is 429 g/mol. The van der Waals surface area contributed by atoms with E-state index in [1.54, 1.807) is 4.90 Å². The molecule has 32 heavy (non-hydrogen) atoms. The molecule has 5 heteroatoms. The molecule has 1 aliphatic heterocycles. The minimum atomic E-state index is -0.285. The van der Waals surface area contributed by atoms with Crippen LogP contribution < -0.4 is 4.90 Å². The number of carbonyl (C=O) groups is 1. The van der Waals surface area contributed by atoms with Crippen LogP contribution in [0.5, 0.6) is 0 Å². The number of aryl methyl sites for hydroxylation is 1. The summed E-state index contributed by atoms with van der Waals surface area (Å²) < 4.78 is 7.64. The van der Waals surface area contributed by atoms with Gasteiger partial charge in [0.05, 0.1) is 23.8 Å². The number of amides is 1. The first-order valence-corrected chi connectivity index (χ1v) is 12.0. The second-order valence-electron chi connectivity index (χ2n) is 10.1. The van der Waals surface area contributed by atoms with Gasteiger partial charge in [-0.3, -0.25) is 4.90 Å². The molecule has 1 atom stereocenters. The second kappa shape index (κ2) is 7.36. The Morgan fingerprint density at radius 1 is 1.16 bits per heavy atom. The predicted octanol–water partition coefficient (Wildman–Crippen LogP) is 6.04. The largest absolute Gasteiger partial charge is 0.452 e. The highest BCUT2D eigenvalue weighted by Gasteiger charge is 2.49. The summed E-state index contributed by atoms with van der Waals surface area (Å²) in [6.45, 7) is 2.09. The van der Waals surface area contributed by atoms with E-state index in [0.29, 0.717) is 11.5 Å². The third kappa shape index (κ3) is 2.97. The number of fused-ring (bicyclic) bond motifs is 3. The van der Waals surface area contributed by atoms with Gasteiger partial charge in [0.15, 0.2) is 0 Å². The van der Waals surface area contributed by atoms with E-state index in [1.165, 1.54) is 55.9 Å². The maximum absolute atomic E-state index is 12.5. The predicted molar refractivity (Wildman–Crippen MR) is 126 cm³/mol. The Morgan fingerprint density at radius 2 is 1.94 bits per heavy atom. The molecule has 3 aromatic rings. The zero-order chi connectivity index (χ0) is 21.9. The van der Waals surface area contributed by atoms with E-state index < -0.39 is 0 Å². The molecule has 166 valence electrons. The molecule has 0 unspecified atom stereocenters. The molecule has 6 rings (SSSR count). The Balaban J connectivity index is 1.47. The van der Waals surface area contributed by atoms with Gasteiger partial charge in [0.2, 0.25) is 0 Å². The minimum absolute atomic E-state index is 0.128. The number of rotatable bonds is 3. The van der Waals surface area contributed by atoms with E-state index in [4.69, 9.17) is 9.72 Å². The van der Waals surface area contributed by atoms with Gasteiger partial charge in [-0.05, 0) is 68.6 Å². The van der Waals surface area contributed by atoms with E-state index in [-0.39, 0.29) is 12.1 Å². The Hall–Kier alpha value is -2.82. The number of hydrogen-bond acceptors (Lipinski definition) is 3. The molecule has 2 fully saturated rings. The maximum atomic E-state index is 12.5. The average molecular weight is 430 g/mol. The van der Waals surface area contributed by atoms with Crippen LogP contribution in [0, 0.1) is 5.41 Å². The molecule has 5 nitrogen and oxygen atoms in total. The Bertz CT molecular complexity index is 1170. The lowest BCUT2D eigenvalue weighted by Gasteiger charge is -2.54. The van der Waals surface area contributed by atoms with Crippen molar-refractivity contribution in [2.45, 2.75) is 70.4 Å². The molecule has 0 radical (unpaired) electrons. The van der Waals surface area contributed by atoms with E-state index in [9.17, 15) is 4.79 Å². The van der Waals surface area contributed by atoms with Crippen LogP contribution in [0.4, 0.5) is 10.5 Å². The van der Waals surface area contributed by atoms with Gasteiger partial charge in [-0.15, -0.1) is 0 Å². The number of methoxy groups -OCH3 is 1. The van der Waals surface area contributed by atoms with E-state index in [2.05, 4.69) is 54.0 Å². The summed E-state index contributed by atoms with van der Waals surface area (Å²) in [6, 6.07) is 15.6. The van der Waals surface area contributed by atoms with Crippen LogP contribution in [0.1, 0.15) is 68.4 Å². The fourth-order valence-corrected chi connectivity index (χ4v) is 6.34. The molecule has 2 aromatic carbocycles. The van der Waals surface area contributed by atoms with Crippen molar-refractivity contribution < 1.29 is 9.53 Å².